The van der Waals surface area contributed by atoms with E-state index in [1.54, 1.807) is 18.2 Å². The standard InChI is InChI=1S/C13H16N4O3/c14-7-8-2-1-3-9(6-8)15-13(20)16-10-4-5-11(18)17-12(10)19/h1-3,6,10H,4-5,7,14H2,(H2,15,16,20)(H,17,18,19). The van der Waals surface area contributed by atoms with Crippen LogP contribution in [0.2, 0.25) is 0 Å². The van der Waals surface area contributed by atoms with Crippen LogP contribution in [0.5, 0.6) is 0 Å². The zero-order chi connectivity index (χ0) is 14.5. The van der Waals surface area contributed by atoms with Gasteiger partial charge in [0, 0.05) is 18.7 Å². The number of hydrogen-bond acceptors (Lipinski definition) is 4. The molecule has 1 fully saturated rings. The first-order valence-electron chi connectivity index (χ1n) is 6.28. The van der Waals surface area contributed by atoms with Gasteiger partial charge in [0.2, 0.25) is 11.8 Å². The van der Waals surface area contributed by atoms with Crippen molar-refractivity contribution >= 4 is 23.5 Å². The fourth-order valence-electron chi connectivity index (χ4n) is 1.93. The van der Waals surface area contributed by atoms with Crippen molar-refractivity contribution in [1.82, 2.24) is 10.6 Å². The van der Waals surface area contributed by atoms with Crippen molar-refractivity contribution in [2.75, 3.05) is 5.32 Å². The molecular formula is C13H16N4O3. The lowest BCUT2D eigenvalue weighted by molar-refractivity contribution is -0.134. The molecule has 1 aromatic rings. The van der Waals surface area contributed by atoms with Crippen LogP contribution in [0, 0.1) is 0 Å². The summed E-state index contributed by atoms with van der Waals surface area (Å²) in [4.78, 5) is 34.3. The summed E-state index contributed by atoms with van der Waals surface area (Å²) >= 11 is 0. The molecule has 7 heteroatoms. The van der Waals surface area contributed by atoms with Crippen LogP contribution in [0.4, 0.5) is 10.5 Å². The predicted octanol–water partition coefficient (Wildman–Crippen LogP) is 0.0720. The first kappa shape index (κ1) is 14.0. The zero-order valence-electron chi connectivity index (χ0n) is 10.8. The Morgan fingerprint density at radius 2 is 2.20 bits per heavy atom. The minimum Gasteiger partial charge on any atom is -0.326 e. The van der Waals surface area contributed by atoms with E-state index in [0.717, 1.165) is 5.56 Å². The van der Waals surface area contributed by atoms with Gasteiger partial charge in [0.1, 0.15) is 6.04 Å². The molecule has 20 heavy (non-hydrogen) atoms. The third kappa shape index (κ3) is 3.55. The van der Waals surface area contributed by atoms with Crippen molar-refractivity contribution in [3.8, 4) is 0 Å². The number of amides is 4. The molecule has 2 rings (SSSR count). The van der Waals surface area contributed by atoms with Crippen molar-refractivity contribution in [2.24, 2.45) is 5.73 Å². The van der Waals surface area contributed by atoms with Crippen LogP contribution in [0.25, 0.3) is 0 Å². The van der Waals surface area contributed by atoms with Crippen LogP contribution in [-0.2, 0) is 16.1 Å². The molecule has 106 valence electrons. The molecule has 7 nitrogen and oxygen atoms in total. The molecule has 1 saturated heterocycles. The van der Waals surface area contributed by atoms with Gasteiger partial charge in [-0.05, 0) is 24.1 Å². The second-order valence-electron chi connectivity index (χ2n) is 4.51. The number of carbonyl (C=O) groups excluding carboxylic acids is 3. The van der Waals surface area contributed by atoms with Crippen molar-refractivity contribution in [3.05, 3.63) is 29.8 Å². The number of imide groups is 1. The number of urea groups is 1. The Morgan fingerprint density at radius 1 is 1.40 bits per heavy atom. The molecule has 4 amide bonds. The molecule has 1 aliphatic rings. The molecule has 0 aromatic heterocycles. The molecule has 1 aromatic carbocycles. The molecular weight excluding hydrogens is 260 g/mol. The number of rotatable bonds is 3. The van der Waals surface area contributed by atoms with Gasteiger partial charge in [-0.2, -0.15) is 0 Å². The lowest BCUT2D eigenvalue weighted by atomic mass is 10.1. The second-order valence-corrected chi connectivity index (χ2v) is 4.51. The van der Waals surface area contributed by atoms with Crippen LogP contribution in [0.3, 0.4) is 0 Å². The fourth-order valence-corrected chi connectivity index (χ4v) is 1.93. The van der Waals surface area contributed by atoms with E-state index < -0.39 is 18.0 Å². The minimum absolute atomic E-state index is 0.222. The maximum absolute atomic E-state index is 11.8. The Kier molecular flexibility index (Phi) is 4.31. The van der Waals surface area contributed by atoms with Gasteiger partial charge in [0.25, 0.3) is 0 Å². The summed E-state index contributed by atoms with van der Waals surface area (Å²) in [6.07, 6.45) is 0.528. The van der Waals surface area contributed by atoms with Gasteiger partial charge in [0.15, 0.2) is 0 Å². The summed E-state index contributed by atoms with van der Waals surface area (Å²) in [5.74, 6) is -0.795. The van der Waals surface area contributed by atoms with Gasteiger partial charge in [-0.15, -0.1) is 0 Å². The van der Waals surface area contributed by atoms with Gasteiger partial charge in [-0.3, -0.25) is 14.9 Å². The number of hydrogen-bond donors (Lipinski definition) is 4. The first-order valence-corrected chi connectivity index (χ1v) is 6.28. The summed E-state index contributed by atoms with van der Waals surface area (Å²) in [5, 5.41) is 7.33. The molecule has 1 unspecified atom stereocenters. The van der Waals surface area contributed by atoms with Gasteiger partial charge in [-0.1, -0.05) is 12.1 Å². The van der Waals surface area contributed by atoms with Gasteiger partial charge >= 0.3 is 6.03 Å². The summed E-state index contributed by atoms with van der Waals surface area (Å²) < 4.78 is 0. The average Bonchev–Trinajstić information content (AvgIpc) is 2.42. The normalized spacial score (nSPS) is 18.4. The number of anilines is 1. The van der Waals surface area contributed by atoms with Crippen LogP contribution < -0.4 is 21.7 Å². The monoisotopic (exact) mass is 276 g/mol. The SMILES string of the molecule is NCc1cccc(NC(=O)NC2CCC(=O)NC2=O)c1. The number of piperidine rings is 1. The van der Waals surface area contributed by atoms with Crippen LogP contribution in [-0.4, -0.2) is 23.9 Å². The fraction of sp³-hybridized carbons (Fsp3) is 0.308. The molecule has 5 N–H and O–H groups in total. The summed E-state index contributed by atoms with van der Waals surface area (Å²) in [6, 6.07) is 5.93. The zero-order valence-corrected chi connectivity index (χ0v) is 10.8. The van der Waals surface area contributed by atoms with Crippen molar-refractivity contribution < 1.29 is 14.4 Å². The molecule has 1 atom stereocenters. The molecule has 0 spiro atoms. The summed E-state index contributed by atoms with van der Waals surface area (Å²) in [7, 11) is 0. The van der Waals surface area contributed by atoms with E-state index in [2.05, 4.69) is 16.0 Å². The molecule has 0 aliphatic carbocycles. The third-order valence-corrected chi connectivity index (χ3v) is 2.97. The summed E-state index contributed by atoms with van der Waals surface area (Å²) in [5.41, 5.74) is 7.00. The Bertz CT molecular complexity index is 544. The highest BCUT2D eigenvalue weighted by Gasteiger charge is 2.27. The number of nitrogens with two attached hydrogens (primary N) is 1. The van der Waals surface area contributed by atoms with Gasteiger partial charge in [0.05, 0.1) is 0 Å². The smallest absolute Gasteiger partial charge is 0.319 e. The average molecular weight is 276 g/mol. The first-order chi connectivity index (χ1) is 9.58. The largest absolute Gasteiger partial charge is 0.326 e. The van der Waals surface area contributed by atoms with E-state index in [1.165, 1.54) is 0 Å². The quantitative estimate of drug-likeness (QED) is 0.585. The Labute approximate surface area is 115 Å². The highest BCUT2D eigenvalue weighted by atomic mass is 16.2. The molecule has 1 aliphatic heterocycles. The van der Waals surface area contributed by atoms with Crippen LogP contribution in [0.1, 0.15) is 18.4 Å². The molecule has 1 heterocycles. The second kappa shape index (κ2) is 6.16. The number of nitrogens with one attached hydrogen (secondary N) is 3. The molecule has 0 saturated carbocycles. The van der Waals surface area contributed by atoms with Gasteiger partial charge < -0.3 is 16.4 Å². The number of benzene rings is 1. The Hall–Kier alpha value is -2.41. The van der Waals surface area contributed by atoms with E-state index in [9.17, 15) is 14.4 Å². The lowest BCUT2D eigenvalue weighted by Gasteiger charge is -2.21. The predicted molar refractivity (Wildman–Crippen MR) is 72.7 cm³/mol. The third-order valence-electron chi connectivity index (χ3n) is 2.97. The number of carbonyl (C=O) groups is 3. The van der Waals surface area contributed by atoms with Crippen molar-refractivity contribution in [2.45, 2.75) is 25.4 Å². The van der Waals surface area contributed by atoms with E-state index in [4.69, 9.17) is 5.73 Å². The molecule has 0 bridgehead atoms. The Morgan fingerprint density at radius 3 is 2.90 bits per heavy atom. The highest BCUT2D eigenvalue weighted by Crippen LogP contribution is 2.10. The van der Waals surface area contributed by atoms with E-state index in [-0.39, 0.29) is 12.3 Å². The van der Waals surface area contributed by atoms with E-state index in [1.807, 2.05) is 6.07 Å². The topological polar surface area (TPSA) is 113 Å². The summed E-state index contributed by atoms with van der Waals surface area (Å²) in [6.45, 7) is 0.379. The van der Waals surface area contributed by atoms with E-state index in [0.29, 0.717) is 18.7 Å². The van der Waals surface area contributed by atoms with Crippen LogP contribution in [0.15, 0.2) is 24.3 Å². The van der Waals surface area contributed by atoms with Crippen LogP contribution >= 0.6 is 0 Å². The van der Waals surface area contributed by atoms with Crippen molar-refractivity contribution in [1.29, 1.82) is 0 Å². The lowest BCUT2D eigenvalue weighted by Crippen LogP contribution is -2.53. The Balaban J connectivity index is 1.92. The maximum atomic E-state index is 11.8. The van der Waals surface area contributed by atoms with Gasteiger partial charge in [-0.25, -0.2) is 4.79 Å². The highest BCUT2D eigenvalue weighted by molar-refractivity contribution is 6.02. The maximum Gasteiger partial charge on any atom is 0.319 e. The molecule has 0 radical (unpaired) electrons. The minimum atomic E-state index is -0.689. The van der Waals surface area contributed by atoms with Crippen molar-refractivity contribution in [3.63, 3.8) is 0 Å². The van der Waals surface area contributed by atoms with E-state index >= 15 is 0 Å².